The van der Waals surface area contributed by atoms with Crippen LogP contribution in [0, 0.1) is 13.8 Å². The van der Waals surface area contributed by atoms with Crippen LogP contribution < -0.4 is 5.32 Å². The molecule has 0 unspecified atom stereocenters. The van der Waals surface area contributed by atoms with Crippen LogP contribution in [0.5, 0.6) is 0 Å². The molecule has 0 heterocycles. The molecule has 0 saturated heterocycles. The van der Waals surface area contributed by atoms with Crippen LogP contribution in [0.4, 0.5) is 10.5 Å². The maximum atomic E-state index is 11.4. The Morgan fingerprint density at radius 1 is 1.26 bits per heavy atom. The summed E-state index contributed by atoms with van der Waals surface area (Å²) in [5.41, 5.74) is 2.73. The van der Waals surface area contributed by atoms with E-state index in [1.807, 2.05) is 39.8 Å². The monoisotopic (exact) mass is 325 g/mol. The van der Waals surface area contributed by atoms with E-state index < -0.39 is 9.89 Å². The second kappa shape index (κ2) is 8.51. The van der Waals surface area contributed by atoms with Gasteiger partial charge in [0.05, 0.1) is 0 Å². The molecule has 1 aromatic carbocycles. The third-order valence-electron chi connectivity index (χ3n) is 1.99. The lowest BCUT2D eigenvalue weighted by Crippen LogP contribution is -2.21. The molecule has 0 bridgehead atoms. The van der Waals surface area contributed by atoms with Crippen LogP contribution in [0.2, 0.25) is 0 Å². The maximum absolute atomic E-state index is 11.4. The van der Waals surface area contributed by atoms with Crippen LogP contribution in [0.15, 0.2) is 18.2 Å². The van der Waals surface area contributed by atoms with E-state index in [2.05, 4.69) is 5.32 Å². The second-order valence-corrected chi connectivity index (χ2v) is 6.15. The lowest BCUT2D eigenvalue weighted by Gasteiger charge is -2.13. The summed E-state index contributed by atoms with van der Waals surface area (Å²) in [5.74, 6) is 0. The predicted molar refractivity (Wildman–Crippen MR) is 82.5 cm³/mol. The van der Waals surface area contributed by atoms with Crippen molar-refractivity contribution in [1.29, 1.82) is 0 Å². The molecule has 0 spiro atoms. The van der Waals surface area contributed by atoms with Crippen molar-refractivity contribution in [2.75, 3.05) is 11.9 Å². The minimum absolute atomic E-state index is 0.297. The molecule has 6 heteroatoms. The summed E-state index contributed by atoms with van der Waals surface area (Å²) in [6.45, 7) is 7.56. The van der Waals surface area contributed by atoms with E-state index in [9.17, 15) is 4.79 Å². The van der Waals surface area contributed by atoms with Crippen molar-refractivity contribution in [3.05, 3.63) is 29.3 Å². The second-order valence-electron chi connectivity index (χ2n) is 3.63. The van der Waals surface area contributed by atoms with E-state index in [0.717, 1.165) is 11.1 Å². The molecule has 108 valence electrons. The number of carbonyl (C=O) groups is 1. The first-order valence-electron chi connectivity index (χ1n) is 5.86. The van der Waals surface area contributed by atoms with Crippen molar-refractivity contribution in [1.82, 2.24) is 0 Å². The number of nitrogens with one attached hydrogen (secondary N) is 1. The van der Waals surface area contributed by atoms with Gasteiger partial charge < -0.3 is 4.74 Å². The van der Waals surface area contributed by atoms with Crippen LogP contribution in [0.3, 0.4) is 0 Å². The average molecular weight is 327 g/mol. The molecular formula is C13H18Cl3NO2. The predicted octanol–water partition coefficient (Wildman–Crippen LogP) is 5.25. The highest BCUT2D eigenvalue weighted by Gasteiger charge is 2.22. The van der Waals surface area contributed by atoms with Crippen LogP contribution >= 0.6 is 34.8 Å². The highest BCUT2D eigenvalue weighted by Crippen LogP contribution is 2.26. The number of aryl methyl sites for hydroxylation is 2. The Hall–Kier alpha value is -0.640. The Labute approximate surface area is 129 Å². The van der Waals surface area contributed by atoms with Gasteiger partial charge in [-0.3, -0.25) is 5.32 Å². The number of rotatable bonds is 2. The quantitative estimate of drug-likeness (QED) is 0.754. The summed E-state index contributed by atoms with van der Waals surface area (Å²) in [7, 11) is 0. The molecule has 0 aliphatic heterocycles. The minimum atomic E-state index is -1.60. The topological polar surface area (TPSA) is 38.3 Å². The summed E-state index contributed by atoms with van der Waals surface area (Å²) in [4.78, 5) is 11.4. The average Bonchev–Trinajstić information content (AvgIpc) is 2.32. The molecule has 0 aliphatic carbocycles. The van der Waals surface area contributed by atoms with Crippen molar-refractivity contribution >= 4 is 46.6 Å². The summed E-state index contributed by atoms with van der Waals surface area (Å²) in [5, 5.41) is 2.57. The molecule has 3 nitrogen and oxygen atoms in total. The van der Waals surface area contributed by atoms with Crippen LogP contribution in [-0.4, -0.2) is 16.5 Å². The minimum Gasteiger partial charge on any atom is -0.445 e. The fourth-order valence-electron chi connectivity index (χ4n) is 1.25. The van der Waals surface area contributed by atoms with Gasteiger partial charge in [-0.15, -0.1) is 0 Å². The van der Waals surface area contributed by atoms with Crippen molar-refractivity contribution in [3.8, 4) is 0 Å². The van der Waals surface area contributed by atoms with Gasteiger partial charge in [0.1, 0.15) is 6.61 Å². The van der Waals surface area contributed by atoms with E-state index in [1.165, 1.54) is 0 Å². The number of alkyl halides is 3. The molecule has 1 N–H and O–H groups in total. The Morgan fingerprint density at radius 2 is 1.84 bits per heavy atom. The summed E-state index contributed by atoms with van der Waals surface area (Å²) < 4.78 is 3.15. The number of hydrogen-bond acceptors (Lipinski definition) is 2. The first kappa shape index (κ1) is 18.4. The maximum Gasteiger partial charge on any atom is 0.411 e. The van der Waals surface area contributed by atoms with Gasteiger partial charge >= 0.3 is 6.09 Å². The normalized spacial score (nSPS) is 10.3. The smallest absolute Gasteiger partial charge is 0.411 e. The van der Waals surface area contributed by atoms with E-state index in [1.54, 1.807) is 6.07 Å². The van der Waals surface area contributed by atoms with Gasteiger partial charge in [-0.25, -0.2) is 4.79 Å². The van der Waals surface area contributed by atoms with Crippen LogP contribution in [0.25, 0.3) is 0 Å². The van der Waals surface area contributed by atoms with Crippen molar-refractivity contribution in [3.63, 3.8) is 0 Å². The van der Waals surface area contributed by atoms with E-state index in [4.69, 9.17) is 39.5 Å². The fraction of sp³-hybridized carbons (Fsp3) is 0.462. The molecule has 0 aliphatic rings. The van der Waals surface area contributed by atoms with Crippen LogP contribution in [-0.2, 0) is 4.74 Å². The van der Waals surface area contributed by atoms with Gasteiger partial charge in [-0.05, 0) is 25.5 Å². The van der Waals surface area contributed by atoms with Gasteiger partial charge in [-0.1, -0.05) is 66.3 Å². The van der Waals surface area contributed by atoms with Crippen molar-refractivity contribution < 1.29 is 9.53 Å². The molecule has 0 radical (unpaired) electrons. The summed E-state index contributed by atoms with van der Waals surface area (Å²) in [6.07, 6.45) is -0.650. The fourth-order valence-corrected chi connectivity index (χ4v) is 1.41. The number of carbonyl (C=O) groups excluding carboxylic acids is 1. The number of benzene rings is 1. The lowest BCUT2D eigenvalue weighted by molar-refractivity contribution is 0.164. The Balaban J connectivity index is 0.00000154. The zero-order valence-electron chi connectivity index (χ0n) is 11.4. The summed E-state index contributed by atoms with van der Waals surface area (Å²) in [6, 6.07) is 5.63. The van der Waals surface area contributed by atoms with Crippen molar-refractivity contribution in [2.45, 2.75) is 31.5 Å². The number of hydrogen-bond donors (Lipinski definition) is 1. The van der Waals surface area contributed by atoms with Crippen LogP contribution in [0.1, 0.15) is 25.0 Å². The Morgan fingerprint density at radius 3 is 2.32 bits per heavy atom. The highest BCUT2D eigenvalue weighted by atomic mass is 35.6. The summed E-state index contributed by atoms with van der Waals surface area (Å²) >= 11 is 16.4. The standard InChI is InChI=1S/C11H12Cl3NO2.C2H6/c1-7-3-4-9(8(2)5-7)15-10(16)17-6-11(12,13)14;1-2/h3-5H,6H2,1-2H3,(H,15,16);1-2H3. The molecule has 1 amide bonds. The Bertz CT molecular complexity index is 417. The van der Waals surface area contributed by atoms with Gasteiger partial charge in [0.15, 0.2) is 0 Å². The molecule has 0 atom stereocenters. The lowest BCUT2D eigenvalue weighted by atomic mass is 10.1. The van der Waals surface area contributed by atoms with Crippen molar-refractivity contribution in [2.24, 2.45) is 0 Å². The highest BCUT2D eigenvalue weighted by molar-refractivity contribution is 6.67. The first-order valence-corrected chi connectivity index (χ1v) is 6.99. The van der Waals surface area contributed by atoms with Gasteiger partial charge in [0.25, 0.3) is 0 Å². The molecule has 19 heavy (non-hydrogen) atoms. The van der Waals surface area contributed by atoms with E-state index in [-0.39, 0.29) is 6.61 Å². The van der Waals surface area contributed by atoms with Gasteiger partial charge in [-0.2, -0.15) is 0 Å². The first-order chi connectivity index (χ1) is 8.78. The molecule has 0 saturated carbocycles. The van der Waals surface area contributed by atoms with Gasteiger partial charge in [0.2, 0.25) is 3.79 Å². The van der Waals surface area contributed by atoms with Gasteiger partial charge in [0, 0.05) is 5.69 Å². The number of anilines is 1. The van der Waals surface area contributed by atoms with E-state index in [0.29, 0.717) is 5.69 Å². The zero-order chi connectivity index (χ0) is 15.1. The SMILES string of the molecule is CC.Cc1ccc(NC(=O)OCC(Cl)(Cl)Cl)c(C)c1. The number of amides is 1. The molecule has 0 aromatic heterocycles. The third-order valence-corrected chi connectivity index (χ3v) is 2.31. The molecule has 1 aromatic rings. The van der Waals surface area contributed by atoms with E-state index >= 15 is 0 Å². The zero-order valence-corrected chi connectivity index (χ0v) is 13.7. The number of halogens is 3. The largest absolute Gasteiger partial charge is 0.445 e. The number of ether oxygens (including phenoxy) is 1. The molecular weight excluding hydrogens is 309 g/mol. The Kier molecular flexibility index (Phi) is 8.23. The molecule has 1 rings (SSSR count). The molecule has 0 fully saturated rings. The third kappa shape index (κ3) is 8.19.